The topological polar surface area (TPSA) is 105 Å². The van der Waals surface area contributed by atoms with Gasteiger partial charge in [-0.1, -0.05) is 44.2 Å². The second kappa shape index (κ2) is 8.19. The first-order valence-corrected chi connectivity index (χ1v) is 8.46. The summed E-state index contributed by atoms with van der Waals surface area (Å²) >= 11 is 1.55. The second-order valence-electron chi connectivity index (χ2n) is 5.48. The Bertz CT molecular complexity index is 754. The van der Waals surface area contributed by atoms with Gasteiger partial charge in [0.15, 0.2) is 11.4 Å². The normalized spacial score (nSPS) is 11.5. The van der Waals surface area contributed by atoms with Gasteiger partial charge in [-0.3, -0.25) is 10.1 Å². The number of amides is 1. The highest BCUT2D eigenvalue weighted by Gasteiger charge is 2.24. The molecule has 0 fully saturated rings. The van der Waals surface area contributed by atoms with E-state index in [4.69, 9.17) is 10.5 Å². The monoisotopic (exact) mass is 339 g/mol. The Morgan fingerprint density at radius 1 is 1.29 bits per heavy atom. The van der Waals surface area contributed by atoms with E-state index in [0.717, 1.165) is 11.3 Å². The molecule has 1 heterocycles. The summed E-state index contributed by atoms with van der Waals surface area (Å²) in [5.41, 5.74) is 1.18. The molecule has 1 aromatic carbocycles. The summed E-state index contributed by atoms with van der Waals surface area (Å²) in [6, 6.07) is 13.6. The molecule has 0 aliphatic heterocycles. The smallest absolute Gasteiger partial charge is 0.240 e. The SMILES string of the molecule is CC(C)C(SCc1ccccc1)C(=O)Nc1nc(C#N)c(C#N)[nH]1. The standard InChI is InChI=1S/C17H17N5OS/c1-11(2)15(24-10-12-6-4-3-5-7-12)16(23)22-17-20-13(8-18)14(9-19)21-17/h3-7,11,15H,10H2,1-2H3,(H2,20,21,22,23). The third-order valence-electron chi connectivity index (χ3n) is 3.30. The first-order valence-electron chi connectivity index (χ1n) is 7.41. The Labute approximate surface area is 144 Å². The Kier molecular flexibility index (Phi) is 6.00. The minimum Gasteiger partial charge on any atom is -0.314 e. The molecule has 2 N–H and O–H groups in total. The first-order chi connectivity index (χ1) is 11.5. The molecular formula is C17H17N5OS. The van der Waals surface area contributed by atoms with Crippen molar-refractivity contribution in [3.63, 3.8) is 0 Å². The van der Waals surface area contributed by atoms with E-state index < -0.39 is 0 Å². The van der Waals surface area contributed by atoms with E-state index in [2.05, 4.69) is 15.3 Å². The number of hydrogen-bond donors (Lipinski definition) is 2. The zero-order chi connectivity index (χ0) is 17.5. The maximum atomic E-state index is 12.5. The zero-order valence-electron chi connectivity index (χ0n) is 13.4. The first kappa shape index (κ1) is 17.6. The number of aromatic amines is 1. The summed E-state index contributed by atoms with van der Waals surface area (Å²) in [6.45, 7) is 3.96. The van der Waals surface area contributed by atoms with Gasteiger partial charge < -0.3 is 4.98 Å². The molecule has 2 aromatic rings. The van der Waals surface area contributed by atoms with Gasteiger partial charge in [0.25, 0.3) is 0 Å². The molecule has 6 nitrogen and oxygen atoms in total. The quantitative estimate of drug-likeness (QED) is 0.841. The van der Waals surface area contributed by atoms with E-state index in [1.54, 1.807) is 11.8 Å². The average Bonchev–Trinajstić information content (AvgIpc) is 2.97. The minimum absolute atomic E-state index is 0.0224. The van der Waals surface area contributed by atoms with Crippen LogP contribution in [0.25, 0.3) is 0 Å². The van der Waals surface area contributed by atoms with Gasteiger partial charge in [0.05, 0.1) is 5.25 Å². The largest absolute Gasteiger partial charge is 0.314 e. The maximum absolute atomic E-state index is 12.5. The fraction of sp³-hybridized carbons (Fsp3) is 0.294. The van der Waals surface area contributed by atoms with Crippen molar-refractivity contribution in [3.05, 3.63) is 47.3 Å². The molecule has 1 atom stereocenters. The second-order valence-corrected chi connectivity index (χ2v) is 6.61. The summed E-state index contributed by atoms with van der Waals surface area (Å²) in [7, 11) is 0. The molecule has 0 bridgehead atoms. The predicted octanol–water partition coefficient (Wildman–Crippen LogP) is 3.05. The van der Waals surface area contributed by atoms with Crippen molar-refractivity contribution in [2.24, 2.45) is 5.92 Å². The van der Waals surface area contributed by atoms with Crippen molar-refractivity contribution in [3.8, 4) is 12.1 Å². The molecule has 0 saturated heterocycles. The number of hydrogen-bond acceptors (Lipinski definition) is 5. The van der Waals surface area contributed by atoms with Gasteiger partial charge in [-0.25, -0.2) is 4.98 Å². The van der Waals surface area contributed by atoms with Crippen LogP contribution in [0.15, 0.2) is 30.3 Å². The number of anilines is 1. The lowest BCUT2D eigenvalue weighted by Gasteiger charge is -2.19. The van der Waals surface area contributed by atoms with Crippen LogP contribution in [-0.4, -0.2) is 21.1 Å². The minimum atomic E-state index is -0.272. The molecule has 0 saturated carbocycles. The molecule has 0 spiro atoms. The van der Waals surface area contributed by atoms with Crippen LogP contribution in [0.2, 0.25) is 0 Å². The van der Waals surface area contributed by atoms with Gasteiger partial charge in [0.2, 0.25) is 11.9 Å². The number of rotatable bonds is 6. The van der Waals surface area contributed by atoms with Crippen LogP contribution in [0.1, 0.15) is 30.8 Å². The molecule has 1 amide bonds. The Morgan fingerprint density at radius 3 is 2.54 bits per heavy atom. The number of thioether (sulfide) groups is 1. The summed E-state index contributed by atoms with van der Waals surface area (Å²) in [5.74, 6) is 0.773. The number of benzene rings is 1. The van der Waals surface area contributed by atoms with Crippen LogP contribution < -0.4 is 5.32 Å². The lowest BCUT2D eigenvalue weighted by atomic mass is 10.1. The highest BCUT2D eigenvalue weighted by molar-refractivity contribution is 7.99. The molecular weight excluding hydrogens is 322 g/mol. The van der Waals surface area contributed by atoms with Crippen LogP contribution in [-0.2, 0) is 10.5 Å². The summed E-state index contributed by atoms with van der Waals surface area (Å²) in [5, 5.41) is 20.2. The van der Waals surface area contributed by atoms with Gasteiger partial charge in [-0.2, -0.15) is 10.5 Å². The highest BCUT2D eigenvalue weighted by atomic mass is 32.2. The van der Waals surface area contributed by atoms with Crippen molar-refractivity contribution in [2.45, 2.75) is 24.9 Å². The third kappa shape index (κ3) is 4.37. The lowest BCUT2D eigenvalue weighted by Crippen LogP contribution is -2.30. The van der Waals surface area contributed by atoms with E-state index in [1.807, 2.05) is 56.3 Å². The molecule has 1 aromatic heterocycles. The number of nitrogens with zero attached hydrogens (tertiary/aromatic N) is 3. The van der Waals surface area contributed by atoms with Gasteiger partial charge in [-0.05, 0) is 11.5 Å². The Balaban J connectivity index is 2.05. The van der Waals surface area contributed by atoms with Crippen molar-refractivity contribution in [1.29, 1.82) is 10.5 Å². The van der Waals surface area contributed by atoms with Crippen molar-refractivity contribution in [1.82, 2.24) is 9.97 Å². The van der Waals surface area contributed by atoms with Gasteiger partial charge >= 0.3 is 0 Å². The van der Waals surface area contributed by atoms with Gasteiger partial charge in [-0.15, -0.1) is 11.8 Å². The van der Waals surface area contributed by atoms with Crippen LogP contribution in [0.3, 0.4) is 0 Å². The van der Waals surface area contributed by atoms with Gasteiger partial charge in [0.1, 0.15) is 12.1 Å². The fourth-order valence-corrected chi connectivity index (χ4v) is 3.27. The van der Waals surface area contributed by atoms with Crippen LogP contribution >= 0.6 is 11.8 Å². The third-order valence-corrected chi connectivity index (χ3v) is 4.92. The number of nitriles is 2. The van der Waals surface area contributed by atoms with Crippen molar-refractivity contribution >= 4 is 23.6 Å². The number of imidazole rings is 1. The molecule has 0 radical (unpaired) electrons. The molecule has 0 aliphatic rings. The lowest BCUT2D eigenvalue weighted by molar-refractivity contribution is -0.116. The number of nitrogens with one attached hydrogen (secondary N) is 2. The van der Waals surface area contributed by atoms with E-state index in [1.165, 1.54) is 0 Å². The fourth-order valence-electron chi connectivity index (χ4n) is 2.11. The summed E-state index contributed by atoms with van der Waals surface area (Å²) < 4.78 is 0. The van der Waals surface area contributed by atoms with E-state index in [-0.39, 0.29) is 34.4 Å². The molecule has 0 aliphatic carbocycles. The number of H-pyrrole nitrogens is 1. The van der Waals surface area contributed by atoms with Crippen LogP contribution in [0, 0.1) is 28.6 Å². The molecule has 1 unspecified atom stereocenters. The summed E-state index contributed by atoms with van der Waals surface area (Å²) in [4.78, 5) is 19.1. The Hall–Kier alpha value is -2.77. The Morgan fingerprint density at radius 2 is 2.00 bits per heavy atom. The number of carbonyl (C=O) groups is 1. The van der Waals surface area contributed by atoms with Crippen molar-refractivity contribution < 1.29 is 4.79 Å². The maximum Gasteiger partial charge on any atom is 0.240 e. The van der Waals surface area contributed by atoms with Crippen LogP contribution in [0.5, 0.6) is 0 Å². The molecule has 2 rings (SSSR count). The molecule has 122 valence electrons. The number of aromatic nitrogens is 2. The summed E-state index contributed by atoms with van der Waals surface area (Å²) in [6.07, 6.45) is 0. The van der Waals surface area contributed by atoms with Crippen molar-refractivity contribution in [2.75, 3.05) is 5.32 Å². The molecule has 24 heavy (non-hydrogen) atoms. The van der Waals surface area contributed by atoms with Gasteiger partial charge in [0, 0.05) is 5.75 Å². The number of carbonyl (C=O) groups excluding carboxylic acids is 1. The average molecular weight is 339 g/mol. The molecule has 7 heteroatoms. The zero-order valence-corrected chi connectivity index (χ0v) is 14.2. The van der Waals surface area contributed by atoms with Crippen LogP contribution in [0.4, 0.5) is 5.95 Å². The predicted molar refractivity (Wildman–Crippen MR) is 93.0 cm³/mol. The van der Waals surface area contributed by atoms with E-state index >= 15 is 0 Å². The van der Waals surface area contributed by atoms with E-state index in [9.17, 15) is 4.79 Å². The van der Waals surface area contributed by atoms with E-state index in [0.29, 0.717) is 0 Å². The highest BCUT2D eigenvalue weighted by Crippen LogP contribution is 2.25.